The van der Waals surface area contributed by atoms with Crippen molar-refractivity contribution in [1.29, 1.82) is 5.26 Å². The van der Waals surface area contributed by atoms with Gasteiger partial charge in [-0.1, -0.05) is 0 Å². The molecule has 0 aromatic rings. The Morgan fingerprint density at radius 3 is 2.43 bits per heavy atom. The van der Waals surface area contributed by atoms with Gasteiger partial charge in [-0.3, -0.25) is 4.79 Å². The smallest absolute Gasteiger partial charge is 0.324 e. The Hall–Kier alpha value is -1.17. The van der Waals surface area contributed by atoms with Crippen molar-refractivity contribution in [1.82, 2.24) is 4.72 Å². The molecule has 0 fully saturated rings. The molecule has 0 aromatic carbocycles. The predicted octanol–water partition coefficient (Wildman–Crippen LogP) is -1.74. The van der Waals surface area contributed by atoms with Gasteiger partial charge in [0, 0.05) is 0 Å². The molecule has 0 aliphatic rings. The summed E-state index contributed by atoms with van der Waals surface area (Å²) in [5.74, 6) is -2.34. The molecule has 0 bridgehead atoms. The van der Waals surface area contributed by atoms with Gasteiger partial charge in [0.15, 0.2) is 5.75 Å². The van der Waals surface area contributed by atoms with Crippen molar-refractivity contribution in [3.63, 3.8) is 0 Å². The van der Waals surface area contributed by atoms with Crippen LogP contribution in [0.25, 0.3) is 0 Å². The number of hydrogen-bond acceptors (Lipinski definition) is 5. The number of carboxylic acids is 1. The van der Waals surface area contributed by atoms with Crippen molar-refractivity contribution in [2.75, 3.05) is 5.75 Å². The van der Waals surface area contributed by atoms with Gasteiger partial charge in [-0.2, -0.15) is 9.98 Å². The number of nitrogens with one attached hydrogen (secondary N) is 1. The van der Waals surface area contributed by atoms with Crippen LogP contribution in [0.15, 0.2) is 0 Å². The summed E-state index contributed by atoms with van der Waals surface area (Å²) in [6.07, 6.45) is -1.37. The summed E-state index contributed by atoms with van der Waals surface area (Å²) in [5.41, 5.74) is 0. The Balaban J connectivity index is 4.63. The van der Waals surface area contributed by atoms with Crippen LogP contribution in [-0.2, 0) is 14.8 Å². The minimum Gasteiger partial charge on any atom is -0.480 e. The van der Waals surface area contributed by atoms with Gasteiger partial charge in [-0.15, -0.1) is 0 Å². The second-order valence-electron chi connectivity index (χ2n) is 2.59. The van der Waals surface area contributed by atoms with Crippen molar-refractivity contribution in [2.45, 2.75) is 19.1 Å². The summed E-state index contributed by atoms with van der Waals surface area (Å²) in [7, 11) is -3.97. The van der Waals surface area contributed by atoms with E-state index in [0.717, 1.165) is 6.92 Å². The summed E-state index contributed by atoms with van der Waals surface area (Å²) in [6.45, 7) is 1.13. The molecule has 0 rings (SSSR count). The summed E-state index contributed by atoms with van der Waals surface area (Å²) in [5, 5.41) is 25.5. The van der Waals surface area contributed by atoms with E-state index in [2.05, 4.69) is 0 Å². The maximum atomic E-state index is 10.9. The number of sulfonamides is 1. The highest BCUT2D eigenvalue weighted by Gasteiger charge is 2.27. The van der Waals surface area contributed by atoms with E-state index in [4.69, 9.17) is 15.5 Å². The molecule has 14 heavy (non-hydrogen) atoms. The average molecular weight is 222 g/mol. The van der Waals surface area contributed by atoms with Crippen LogP contribution < -0.4 is 4.72 Å². The topological polar surface area (TPSA) is 127 Å². The Kier molecular flexibility index (Phi) is 4.49. The normalized spacial score (nSPS) is 15.5. The number of hydrogen-bond donors (Lipinski definition) is 3. The quantitative estimate of drug-likeness (QED) is 0.506. The largest absolute Gasteiger partial charge is 0.480 e. The number of carbonyl (C=O) groups is 1. The third kappa shape index (κ3) is 4.18. The lowest BCUT2D eigenvalue weighted by molar-refractivity contribution is -0.141. The monoisotopic (exact) mass is 222 g/mol. The molecule has 80 valence electrons. The number of rotatable bonds is 5. The first-order chi connectivity index (χ1) is 6.30. The van der Waals surface area contributed by atoms with E-state index < -0.39 is 33.9 Å². The van der Waals surface area contributed by atoms with Crippen LogP contribution in [-0.4, -0.2) is 42.5 Å². The zero-order chi connectivity index (χ0) is 11.4. The van der Waals surface area contributed by atoms with Gasteiger partial charge in [0.2, 0.25) is 10.0 Å². The van der Waals surface area contributed by atoms with Crippen molar-refractivity contribution in [3.8, 4) is 6.07 Å². The van der Waals surface area contributed by atoms with Gasteiger partial charge >= 0.3 is 5.97 Å². The zero-order valence-electron chi connectivity index (χ0n) is 7.34. The lowest BCUT2D eigenvalue weighted by Gasteiger charge is -2.15. The number of nitriles is 1. The lowest BCUT2D eigenvalue weighted by Crippen LogP contribution is -2.48. The predicted molar refractivity (Wildman–Crippen MR) is 45.6 cm³/mol. The molecule has 2 unspecified atom stereocenters. The maximum absolute atomic E-state index is 10.9. The molecule has 8 heteroatoms. The molecule has 0 saturated heterocycles. The van der Waals surface area contributed by atoms with Crippen LogP contribution in [0.5, 0.6) is 0 Å². The highest BCUT2D eigenvalue weighted by Crippen LogP contribution is 1.96. The fourth-order valence-electron chi connectivity index (χ4n) is 0.675. The molecule has 0 aromatic heterocycles. The molecule has 0 heterocycles. The SMILES string of the molecule is CC(O)C(NS(=O)(=O)CC#N)C(=O)O. The van der Waals surface area contributed by atoms with E-state index in [1.54, 1.807) is 4.72 Å². The first-order valence-electron chi connectivity index (χ1n) is 3.58. The molecule has 0 amide bonds. The number of nitrogens with zero attached hydrogens (tertiary/aromatic N) is 1. The Labute approximate surface area is 81.0 Å². The summed E-state index contributed by atoms with van der Waals surface area (Å²) >= 11 is 0. The Bertz CT molecular complexity index is 342. The Morgan fingerprint density at radius 2 is 2.14 bits per heavy atom. The minimum absolute atomic E-state index is 0.844. The molecule has 3 N–H and O–H groups in total. The van der Waals surface area contributed by atoms with Gasteiger partial charge in [-0.05, 0) is 6.92 Å². The first kappa shape index (κ1) is 12.8. The van der Waals surface area contributed by atoms with Gasteiger partial charge in [0.25, 0.3) is 0 Å². The fourth-order valence-corrected chi connectivity index (χ4v) is 1.61. The van der Waals surface area contributed by atoms with Crippen molar-refractivity contribution in [2.24, 2.45) is 0 Å². The molecular formula is C6H10N2O5S. The lowest BCUT2D eigenvalue weighted by atomic mass is 10.2. The number of aliphatic hydroxyl groups excluding tert-OH is 1. The van der Waals surface area contributed by atoms with E-state index in [9.17, 15) is 13.2 Å². The highest BCUT2D eigenvalue weighted by atomic mass is 32.2. The molecule has 0 aliphatic carbocycles. The first-order valence-corrected chi connectivity index (χ1v) is 5.23. The van der Waals surface area contributed by atoms with E-state index in [-0.39, 0.29) is 0 Å². The van der Waals surface area contributed by atoms with Crippen LogP contribution >= 0.6 is 0 Å². The average Bonchev–Trinajstić information content (AvgIpc) is 1.99. The second-order valence-corrected chi connectivity index (χ2v) is 4.35. The number of aliphatic carboxylic acids is 1. The van der Waals surface area contributed by atoms with E-state index >= 15 is 0 Å². The van der Waals surface area contributed by atoms with Crippen molar-refractivity contribution >= 4 is 16.0 Å². The summed E-state index contributed by atoms with van der Waals surface area (Å²) in [4.78, 5) is 10.5. The van der Waals surface area contributed by atoms with Gasteiger partial charge in [-0.25, -0.2) is 8.42 Å². The summed E-state index contributed by atoms with van der Waals surface area (Å²) in [6, 6.07) is -0.265. The molecular weight excluding hydrogens is 212 g/mol. The van der Waals surface area contributed by atoms with Crippen molar-refractivity contribution in [3.05, 3.63) is 0 Å². The van der Waals surface area contributed by atoms with Gasteiger partial charge < -0.3 is 10.2 Å². The third-order valence-electron chi connectivity index (χ3n) is 1.31. The second kappa shape index (κ2) is 4.90. The van der Waals surface area contributed by atoms with E-state index in [0.29, 0.717) is 0 Å². The third-order valence-corrected chi connectivity index (χ3v) is 2.43. The molecule has 0 spiro atoms. The minimum atomic E-state index is -3.97. The zero-order valence-corrected chi connectivity index (χ0v) is 8.15. The van der Waals surface area contributed by atoms with Gasteiger partial charge in [0.05, 0.1) is 12.2 Å². The van der Waals surface area contributed by atoms with Gasteiger partial charge in [0.1, 0.15) is 6.04 Å². The molecule has 0 saturated carbocycles. The van der Waals surface area contributed by atoms with Crippen LogP contribution in [0.3, 0.4) is 0 Å². The molecule has 2 atom stereocenters. The van der Waals surface area contributed by atoms with Crippen LogP contribution in [0.4, 0.5) is 0 Å². The molecule has 0 aliphatic heterocycles. The van der Waals surface area contributed by atoms with E-state index in [1.165, 1.54) is 6.07 Å². The molecule has 7 nitrogen and oxygen atoms in total. The summed E-state index contributed by atoms with van der Waals surface area (Å²) < 4.78 is 23.6. The Morgan fingerprint density at radius 1 is 1.64 bits per heavy atom. The van der Waals surface area contributed by atoms with Crippen LogP contribution in [0.1, 0.15) is 6.92 Å². The standard InChI is InChI=1S/C6H10N2O5S/c1-4(9)5(6(10)11)8-14(12,13)3-2-7/h4-5,8-9H,3H2,1H3,(H,10,11). The number of carboxylic acid groups (broad SMARTS) is 1. The van der Waals surface area contributed by atoms with Crippen LogP contribution in [0, 0.1) is 11.3 Å². The van der Waals surface area contributed by atoms with E-state index in [1.807, 2.05) is 0 Å². The van der Waals surface area contributed by atoms with Crippen LogP contribution in [0.2, 0.25) is 0 Å². The van der Waals surface area contributed by atoms with Crippen molar-refractivity contribution < 1.29 is 23.4 Å². The molecule has 0 radical (unpaired) electrons. The number of aliphatic hydroxyl groups is 1. The maximum Gasteiger partial charge on any atom is 0.324 e. The fraction of sp³-hybridized carbons (Fsp3) is 0.667. The highest BCUT2D eigenvalue weighted by molar-refractivity contribution is 7.89.